The number of nitrogens with one attached hydrogen (secondary N) is 1. The number of rotatable bonds is 4. The molecule has 4 amide bonds. The van der Waals surface area contributed by atoms with E-state index >= 15 is 0 Å². The van der Waals surface area contributed by atoms with Gasteiger partial charge in [-0.25, -0.2) is 13.6 Å². The number of carbonyl (C=O) groups is 3. The SMILES string of the molecule is Cc1ccc(N2C(=O)N(CC(=O)Nc3ccc(F)c(F)c3)C(=O)[C@@H]2C)cc1. The molecule has 2 aromatic carbocycles. The predicted molar refractivity (Wildman–Crippen MR) is 95.2 cm³/mol. The minimum Gasteiger partial charge on any atom is -0.324 e. The number of benzene rings is 2. The van der Waals surface area contributed by atoms with Crippen LogP contribution in [0.25, 0.3) is 0 Å². The first-order chi connectivity index (χ1) is 12.8. The highest BCUT2D eigenvalue weighted by Gasteiger charge is 2.44. The van der Waals surface area contributed by atoms with Crippen molar-refractivity contribution in [2.45, 2.75) is 19.9 Å². The van der Waals surface area contributed by atoms with Gasteiger partial charge in [0.15, 0.2) is 11.6 Å². The van der Waals surface area contributed by atoms with Crippen molar-refractivity contribution in [2.75, 3.05) is 16.8 Å². The molecular weight excluding hydrogens is 356 g/mol. The summed E-state index contributed by atoms with van der Waals surface area (Å²) in [6.07, 6.45) is 0. The third kappa shape index (κ3) is 3.64. The fraction of sp³-hybridized carbons (Fsp3) is 0.211. The van der Waals surface area contributed by atoms with E-state index in [-0.39, 0.29) is 5.69 Å². The van der Waals surface area contributed by atoms with Crippen LogP contribution in [0.3, 0.4) is 0 Å². The summed E-state index contributed by atoms with van der Waals surface area (Å²) in [5.74, 6) is -3.36. The maximum atomic E-state index is 13.2. The van der Waals surface area contributed by atoms with E-state index in [0.717, 1.165) is 22.6 Å². The van der Waals surface area contributed by atoms with Crippen LogP contribution < -0.4 is 10.2 Å². The van der Waals surface area contributed by atoms with Crippen molar-refractivity contribution in [1.29, 1.82) is 0 Å². The zero-order valence-corrected chi connectivity index (χ0v) is 14.7. The second kappa shape index (κ2) is 7.14. The maximum Gasteiger partial charge on any atom is 0.332 e. The summed E-state index contributed by atoms with van der Waals surface area (Å²) in [4.78, 5) is 39.4. The van der Waals surface area contributed by atoms with E-state index in [0.29, 0.717) is 5.69 Å². The lowest BCUT2D eigenvalue weighted by molar-refractivity contribution is -0.130. The minimum absolute atomic E-state index is 0.0291. The standard InChI is InChI=1S/C19H17F2N3O3/c1-11-3-6-14(7-4-11)24-12(2)18(26)23(19(24)27)10-17(25)22-13-5-8-15(20)16(21)9-13/h3-9,12H,10H2,1-2H3,(H,22,25)/t12-/m0/s1. The van der Waals surface area contributed by atoms with Gasteiger partial charge < -0.3 is 5.32 Å². The maximum absolute atomic E-state index is 13.2. The fourth-order valence-corrected chi connectivity index (χ4v) is 2.83. The Morgan fingerprint density at radius 2 is 1.74 bits per heavy atom. The lowest BCUT2D eigenvalue weighted by Gasteiger charge is -2.19. The number of imide groups is 1. The molecule has 0 aromatic heterocycles. The Kier molecular flexibility index (Phi) is 4.89. The van der Waals surface area contributed by atoms with Gasteiger partial charge in [-0.15, -0.1) is 0 Å². The molecule has 8 heteroatoms. The molecule has 3 rings (SSSR count). The van der Waals surface area contributed by atoms with Gasteiger partial charge in [0.25, 0.3) is 5.91 Å². The zero-order valence-electron chi connectivity index (χ0n) is 14.7. The molecule has 27 heavy (non-hydrogen) atoms. The molecule has 1 saturated heterocycles. The van der Waals surface area contributed by atoms with Gasteiger partial charge in [0.2, 0.25) is 5.91 Å². The Labute approximate surface area is 154 Å². The van der Waals surface area contributed by atoms with Crippen molar-refractivity contribution in [2.24, 2.45) is 0 Å². The van der Waals surface area contributed by atoms with E-state index in [1.54, 1.807) is 19.1 Å². The highest BCUT2D eigenvalue weighted by Crippen LogP contribution is 2.26. The molecule has 0 bridgehead atoms. The third-order valence-electron chi connectivity index (χ3n) is 4.26. The van der Waals surface area contributed by atoms with Crippen LogP contribution in [0.2, 0.25) is 0 Å². The quantitative estimate of drug-likeness (QED) is 0.838. The molecule has 0 spiro atoms. The van der Waals surface area contributed by atoms with Crippen molar-refractivity contribution in [3.8, 4) is 0 Å². The molecule has 0 saturated carbocycles. The summed E-state index contributed by atoms with van der Waals surface area (Å²) in [5.41, 5.74) is 1.59. The fourth-order valence-electron chi connectivity index (χ4n) is 2.83. The summed E-state index contributed by atoms with van der Waals surface area (Å²) in [6.45, 7) is 2.95. The van der Waals surface area contributed by atoms with E-state index in [1.165, 1.54) is 11.0 Å². The van der Waals surface area contributed by atoms with Gasteiger partial charge in [0.1, 0.15) is 12.6 Å². The van der Waals surface area contributed by atoms with Crippen LogP contribution in [0, 0.1) is 18.6 Å². The van der Waals surface area contributed by atoms with Crippen molar-refractivity contribution in [3.63, 3.8) is 0 Å². The molecule has 1 heterocycles. The molecule has 0 aliphatic carbocycles. The van der Waals surface area contributed by atoms with Gasteiger partial charge >= 0.3 is 6.03 Å². The number of carbonyl (C=O) groups excluding carboxylic acids is 3. The lowest BCUT2D eigenvalue weighted by Crippen LogP contribution is -2.39. The van der Waals surface area contributed by atoms with Crippen LogP contribution >= 0.6 is 0 Å². The monoisotopic (exact) mass is 373 g/mol. The summed E-state index contributed by atoms with van der Waals surface area (Å²) >= 11 is 0. The normalized spacial score (nSPS) is 16.8. The highest BCUT2D eigenvalue weighted by molar-refractivity contribution is 6.16. The van der Waals surface area contributed by atoms with Crippen LogP contribution in [0.15, 0.2) is 42.5 Å². The van der Waals surface area contributed by atoms with E-state index in [9.17, 15) is 23.2 Å². The molecule has 6 nitrogen and oxygen atoms in total. The van der Waals surface area contributed by atoms with Crippen LogP contribution in [0.1, 0.15) is 12.5 Å². The van der Waals surface area contributed by atoms with E-state index in [1.807, 2.05) is 19.1 Å². The molecule has 2 aromatic rings. The largest absolute Gasteiger partial charge is 0.332 e. The number of amides is 4. The average molecular weight is 373 g/mol. The van der Waals surface area contributed by atoms with Gasteiger partial charge in [-0.1, -0.05) is 17.7 Å². The average Bonchev–Trinajstić information content (AvgIpc) is 2.83. The summed E-state index contributed by atoms with van der Waals surface area (Å²) < 4.78 is 26.2. The highest BCUT2D eigenvalue weighted by atomic mass is 19.2. The number of urea groups is 1. The second-order valence-electron chi connectivity index (χ2n) is 6.27. The van der Waals surface area contributed by atoms with Crippen molar-refractivity contribution < 1.29 is 23.2 Å². The molecule has 1 aliphatic heterocycles. The molecular formula is C19H17F2N3O3. The smallest absolute Gasteiger partial charge is 0.324 e. The summed E-state index contributed by atoms with van der Waals surface area (Å²) in [7, 11) is 0. The van der Waals surface area contributed by atoms with E-state index in [2.05, 4.69) is 5.32 Å². The second-order valence-corrected chi connectivity index (χ2v) is 6.27. The van der Waals surface area contributed by atoms with Crippen molar-refractivity contribution in [3.05, 3.63) is 59.7 Å². The number of halogens is 2. The molecule has 1 atom stereocenters. The first kappa shape index (κ1) is 18.5. The number of hydrogen-bond donors (Lipinski definition) is 1. The topological polar surface area (TPSA) is 69.7 Å². The number of anilines is 2. The third-order valence-corrected chi connectivity index (χ3v) is 4.26. The Morgan fingerprint density at radius 1 is 1.07 bits per heavy atom. The number of nitrogens with zero attached hydrogens (tertiary/aromatic N) is 2. The molecule has 1 aliphatic rings. The first-order valence-corrected chi connectivity index (χ1v) is 8.24. The molecule has 0 unspecified atom stereocenters. The summed E-state index contributed by atoms with van der Waals surface area (Å²) in [5, 5.41) is 2.34. The van der Waals surface area contributed by atoms with Gasteiger partial charge in [-0.3, -0.25) is 19.4 Å². The minimum atomic E-state index is -1.11. The Hall–Kier alpha value is -3.29. The van der Waals surface area contributed by atoms with Crippen molar-refractivity contribution in [1.82, 2.24) is 4.90 Å². The van der Waals surface area contributed by atoms with Crippen LogP contribution in [-0.2, 0) is 9.59 Å². The Morgan fingerprint density at radius 3 is 2.37 bits per heavy atom. The Bertz CT molecular complexity index is 915. The predicted octanol–water partition coefficient (Wildman–Crippen LogP) is 3.07. The van der Waals surface area contributed by atoms with Gasteiger partial charge in [0, 0.05) is 17.4 Å². The van der Waals surface area contributed by atoms with E-state index in [4.69, 9.17) is 0 Å². The first-order valence-electron chi connectivity index (χ1n) is 8.24. The molecule has 140 valence electrons. The molecule has 1 fully saturated rings. The van der Waals surface area contributed by atoms with Crippen LogP contribution in [0.4, 0.5) is 25.0 Å². The number of aryl methyl sites for hydroxylation is 1. The molecule has 1 N–H and O–H groups in total. The van der Waals surface area contributed by atoms with Gasteiger partial charge in [-0.2, -0.15) is 0 Å². The number of hydrogen-bond acceptors (Lipinski definition) is 3. The lowest BCUT2D eigenvalue weighted by atomic mass is 10.2. The van der Waals surface area contributed by atoms with Crippen LogP contribution in [0.5, 0.6) is 0 Å². The van der Waals surface area contributed by atoms with Gasteiger partial charge in [-0.05, 0) is 38.1 Å². The van der Waals surface area contributed by atoms with Crippen molar-refractivity contribution >= 4 is 29.2 Å². The van der Waals surface area contributed by atoms with Gasteiger partial charge in [0.05, 0.1) is 0 Å². The van der Waals surface area contributed by atoms with Crippen LogP contribution in [-0.4, -0.2) is 35.3 Å². The van der Waals surface area contributed by atoms with E-state index < -0.39 is 42.1 Å². The summed E-state index contributed by atoms with van der Waals surface area (Å²) in [6, 6.07) is 8.60. The molecule has 0 radical (unpaired) electrons. The Balaban J connectivity index is 1.73. The zero-order chi connectivity index (χ0) is 19.7.